The van der Waals surface area contributed by atoms with Gasteiger partial charge in [-0.25, -0.2) is 4.79 Å². The molecular weight excluding hydrogens is 316 g/mol. The van der Waals surface area contributed by atoms with Crippen LogP contribution in [0.15, 0.2) is 22.7 Å². The molecule has 0 bridgehead atoms. The van der Waals surface area contributed by atoms with Gasteiger partial charge in [-0.1, -0.05) is 11.2 Å². The number of anilines is 2. The number of esters is 1. The molecule has 124 valence electrons. The van der Waals surface area contributed by atoms with Crippen molar-refractivity contribution in [1.82, 2.24) is 10.5 Å². The molecule has 1 unspecified atom stereocenters. The van der Waals surface area contributed by atoms with Gasteiger partial charge in [0.2, 0.25) is 0 Å². The van der Waals surface area contributed by atoms with Crippen molar-refractivity contribution < 1.29 is 14.1 Å². The summed E-state index contributed by atoms with van der Waals surface area (Å²) in [5.74, 6) is 0.133. The topological polar surface area (TPSA) is 79.6 Å². The quantitative estimate of drug-likeness (QED) is 0.635. The molecule has 2 N–H and O–H groups in total. The standard InChI is InChI=1S/C15H20N4O3S/c1-5-21-14(20)9(2)16-15(23)17-13-12-10(19(3)4)7-6-8-11(12)22-18-13/h6-9H,5H2,1-4H3,(H2,16,17,18,23). The Morgan fingerprint density at radius 1 is 1.48 bits per heavy atom. The first-order valence-corrected chi connectivity index (χ1v) is 7.64. The molecule has 1 heterocycles. The number of aromatic nitrogens is 1. The van der Waals surface area contributed by atoms with E-state index in [1.54, 1.807) is 13.8 Å². The third-order valence-electron chi connectivity index (χ3n) is 3.18. The maximum atomic E-state index is 11.6. The summed E-state index contributed by atoms with van der Waals surface area (Å²) in [4.78, 5) is 13.6. The van der Waals surface area contributed by atoms with Crippen LogP contribution < -0.4 is 15.5 Å². The normalized spacial score (nSPS) is 11.8. The van der Waals surface area contributed by atoms with Gasteiger partial charge in [0.05, 0.1) is 17.7 Å². The lowest BCUT2D eigenvalue weighted by atomic mass is 10.2. The highest BCUT2D eigenvalue weighted by Crippen LogP contribution is 2.31. The van der Waals surface area contributed by atoms with Crippen LogP contribution >= 0.6 is 12.2 Å². The number of rotatable bonds is 5. The van der Waals surface area contributed by atoms with Crippen molar-refractivity contribution in [2.24, 2.45) is 0 Å². The second kappa shape index (κ2) is 7.28. The Balaban J connectivity index is 2.16. The Morgan fingerprint density at radius 2 is 2.22 bits per heavy atom. The lowest BCUT2D eigenvalue weighted by molar-refractivity contribution is -0.144. The van der Waals surface area contributed by atoms with E-state index in [0.29, 0.717) is 18.0 Å². The van der Waals surface area contributed by atoms with Gasteiger partial charge in [-0.2, -0.15) is 0 Å². The lowest BCUT2D eigenvalue weighted by Crippen LogP contribution is -2.41. The van der Waals surface area contributed by atoms with Crippen molar-refractivity contribution in [3.05, 3.63) is 18.2 Å². The summed E-state index contributed by atoms with van der Waals surface area (Å²) in [6.45, 7) is 3.76. The van der Waals surface area contributed by atoms with Gasteiger partial charge in [0, 0.05) is 14.1 Å². The van der Waals surface area contributed by atoms with E-state index in [9.17, 15) is 4.79 Å². The molecule has 23 heavy (non-hydrogen) atoms. The Kier molecular flexibility index (Phi) is 5.38. The largest absolute Gasteiger partial charge is 0.464 e. The molecule has 0 saturated heterocycles. The zero-order valence-corrected chi connectivity index (χ0v) is 14.4. The van der Waals surface area contributed by atoms with Crippen molar-refractivity contribution in [3.63, 3.8) is 0 Å². The highest BCUT2D eigenvalue weighted by Gasteiger charge is 2.18. The number of carbonyl (C=O) groups is 1. The number of fused-ring (bicyclic) bond motifs is 1. The molecule has 0 spiro atoms. The van der Waals surface area contributed by atoms with Crippen molar-refractivity contribution in [2.45, 2.75) is 19.9 Å². The van der Waals surface area contributed by atoms with Gasteiger partial charge in [0.15, 0.2) is 16.5 Å². The van der Waals surface area contributed by atoms with E-state index in [0.717, 1.165) is 11.1 Å². The number of ether oxygens (including phenoxy) is 1. The number of hydrogen-bond acceptors (Lipinski definition) is 6. The van der Waals surface area contributed by atoms with Crippen LogP contribution in [0.4, 0.5) is 11.5 Å². The second-order valence-electron chi connectivity index (χ2n) is 5.15. The van der Waals surface area contributed by atoms with E-state index in [1.165, 1.54) is 0 Å². The van der Waals surface area contributed by atoms with Crippen molar-refractivity contribution >= 4 is 45.8 Å². The smallest absolute Gasteiger partial charge is 0.328 e. The Morgan fingerprint density at radius 3 is 2.87 bits per heavy atom. The van der Waals surface area contributed by atoms with Crippen LogP contribution in [-0.2, 0) is 9.53 Å². The molecule has 1 atom stereocenters. The summed E-state index contributed by atoms with van der Waals surface area (Å²) in [6.07, 6.45) is 0. The second-order valence-corrected chi connectivity index (χ2v) is 5.56. The fraction of sp³-hybridized carbons (Fsp3) is 0.400. The number of nitrogens with one attached hydrogen (secondary N) is 2. The molecule has 0 aliphatic heterocycles. The molecular formula is C15H20N4O3S. The summed E-state index contributed by atoms with van der Waals surface area (Å²) in [6, 6.07) is 5.13. The molecule has 0 radical (unpaired) electrons. The zero-order valence-electron chi connectivity index (χ0n) is 13.5. The van der Waals surface area contributed by atoms with E-state index < -0.39 is 6.04 Å². The number of carbonyl (C=O) groups excluding carboxylic acids is 1. The molecule has 2 rings (SSSR count). The van der Waals surface area contributed by atoms with E-state index in [1.807, 2.05) is 37.2 Å². The van der Waals surface area contributed by atoms with Crippen molar-refractivity contribution in [1.29, 1.82) is 0 Å². The Hall–Kier alpha value is -2.35. The number of nitrogens with zero attached hydrogens (tertiary/aromatic N) is 2. The van der Waals surface area contributed by atoms with Crippen molar-refractivity contribution in [2.75, 3.05) is 30.9 Å². The maximum absolute atomic E-state index is 11.6. The van der Waals surface area contributed by atoms with Gasteiger partial charge in [-0.05, 0) is 38.2 Å². The monoisotopic (exact) mass is 336 g/mol. The lowest BCUT2D eigenvalue weighted by Gasteiger charge is -2.16. The van der Waals surface area contributed by atoms with Gasteiger partial charge in [0.1, 0.15) is 6.04 Å². The van der Waals surface area contributed by atoms with E-state index >= 15 is 0 Å². The fourth-order valence-electron chi connectivity index (χ4n) is 2.10. The van der Waals surface area contributed by atoms with E-state index in [2.05, 4.69) is 15.8 Å². The van der Waals surface area contributed by atoms with Crippen LogP contribution in [0.3, 0.4) is 0 Å². The number of thiocarbonyl (C=S) groups is 1. The maximum Gasteiger partial charge on any atom is 0.328 e. The van der Waals surface area contributed by atoms with Gasteiger partial charge in [-0.15, -0.1) is 0 Å². The zero-order chi connectivity index (χ0) is 17.0. The van der Waals surface area contributed by atoms with Crippen LogP contribution in [-0.4, -0.2) is 43.0 Å². The van der Waals surface area contributed by atoms with E-state index in [-0.39, 0.29) is 11.1 Å². The minimum absolute atomic E-state index is 0.273. The molecule has 0 amide bonds. The van der Waals surface area contributed by atoms with Crippen LogP contribution in [0, 0.1) is 0 Å². The van der Waals surface area contributed by atoms with Crippen molar-refractivity contribution in [3.8, 4) is 0 Å². The Bertz CT molecular complexity index is 714. The summed E-state index contributed by atoms with van der Waals surface area (Å²) in [5, 5.41) is 10.9. The van der Waals surface area contributed by atoms with Gasteiger partial charge >= 0.3 is 5.97 Å². The molecule has 0 saturated carbocycles. The van der Waals surface area contributed by atoms with Crippen LogP contribution in [0.1, 0.15) is 13.8 Å². The average molecular weight is 336 g/mol. The summed E-state index contributed by atoms with van der Waals surface area (Å²) < 4.78 is 10.2. The molecule has 7 nitrogen and oxygen atoms in total. The molecule has 0 aliphatic rings. The Labute approximate surface area is 139 Å². The molecule has 8 heteroatoms. The first kappa shape index (κ1) is 17.0. The fourth-order valence-corrected chi connectivity index (χ4v) is 2.37. The van der Waals surface area contributed by atoms with Crippen LogP contribution in [0.5, 0.6) is 0 Å². The van der Waals surface area contributed by atoms with E-state index in [4.69, 9.17) is 21.5 Å². The predicted octanol–water partition coefficient (Wildman–Crippen LogP) is 2.13. The van der Waals surface area contributed by atoms with Gasteiger partial charge in [0.25, 0.3) is 0 Å². The SMILES string of the molecule is CCOC(=O)C(C)NC(=S)Nc1noc2cccc(N(C)C)c12. The highest BCUT2D eigenvalue weighted by atomic mass is 32.1. The number of benzene rings is 1. The summed E-state index contributed by atoms with van der Waals surface area (Å²) >= 11 is 5.23. The summed E-state index contributed by atoms with van der Waals surface area (Å²) in [7, 11) is 3.87. The third kappa shape index (κ3) is 3.89. The molecule has 1 aromatic carbocycles. The van der Waals surface area contributed by atoms with Crippen LogP contribution in [0.25, 0.3) is 11.0 Å². The molecule has 0 fully saturated rings. The van der Waals surface area contributed by atoms with Gasteiger partial charge < -0.3 is 24.8 Å². The number of hydrogen-bond donors (Lipinski definition) is 2. The summed E-state index contributed by atoms with van der Waals surface area (Å²) in [5.41, 5.74) is 1.60. The minimum Gasteiger partial charge on any atom is -0.464 e. The molecule has 0 aliphatic carbocycles. The van der Waals surface area contributed by atoms with Gasteiger partial charge in [-0.3, -0.25) is 0 Å². The van der Waals surface area contributed by atoms with Crippen LogP contribution in [0.2, 0.25) is 0 Å². The third-order valence-corrected chi connectivity index (χ3v) is 3.40. The minimum atomic E-state index is -0.554. The molecule has 1 aromatic heterocycles. The first-order chi connectivity index (χ1) is 10.9. The average Bonchev–Trinajstić information content (AvgIpc) is 2.90. The molecule has 2 aromatic rings. The highest BCUT2D eigenvalue weighted by molar-refractivity contribution is 7.80. The first-order valence-electron chi connectivity index (χ1n) is 7.24. The predicted molar refractivity (Wildman–Crippen MR) is 93.8 cm³/mol.